The van der Waals surface area contributed by atoms with Gasteiger partial charge in [-0.05, 0) is 12.1 Å². The number of benzene rings is 2. The molecule has 0 saturated carbocycles. The van der Waals surface area contributed by atoms with Gasteiger partial charge in [0.15, 0.2) is 10.6 Å². The molecule has 0 heterocycles. The van der Waals surface area contributed by atoms with Gasteiger partial charge in [0.25, 0.3) is 0 Å². The van der Waals surface area contributed by atoms with E-state index in [1.165, 1.54) is 0 Å². The molecular formula is C12H10O5S. The van der Waals surface area contributed by atoms with Crippen LogP contribution in [0.2, 0.25) is 0 Å². The highest BCUT2D eigenvalue weighted by Crippen LogP contribution is 2.46. The SMILES string of the molecule is [O-][S+](c1ccccc1)c1cc(O)c(O)c(O)c1O. The Kier molecular flexibility index (Phi) is 3.22. The number of rotatable bonds is 2. The van der Waals surface area contributed by atoms with E-state index in [9.17, 15) is 25.0 Å². The lowest BCUT2D eigenvalue weighted by molar-refractivity contribution is 0.339. The maximum absolute atomic E-state index is 12.1. The Bertz CT molecular complexity index is 570. The fraction of sp³-hybridized carbons (Fsp3) is 0. The molecule has 2 aromatic carbocycles. The number of aromatic hydroxyl groups is 4. The normalized spacial score (nSPS) is 12.3. The van der Waals surface area contributed by atoms with Gasteiger partial charge in [-0.1, -0.05) is 18.2 Å². The van der Waals surface area contributed by atoms with E-state index in [0.29, 0.717) is 4.90 Å². The van der Waals surface area contributed by atoms with Crippen LogP contribution in [0, 0.1) is 0 Å². The van der Waals surface area contributed by atoms with Crippen LogP contribution in [0.15, 0.2) is 46.2 Å². The average molecular weight is 266 g/mol. The molecule has 2 rings (SSSR count). The minimum atomic E-state index is -1.77. The number of hydrogen-bond donors (Lipinski definition) is 4. The summed E-state index contributed by atoms with van der Waals surface area (Å²) < 4.78 is 12.1. The first-order valence-corrected chi connectivity index (χ1v) is 6.11. The van der Waals surface area contributed by atoms with Crippen LogP contribution in [0.5, 0.6) is 23.0 Å². The number of phenols is 4. The summed E-state index contributed by atoms with van der Waals surface area (Å²) in [6.07, 6.45) is 0. The Morgan fingerprint density at radius 1 is 0.833 bits per heavy atom. The van der Waals surface area contributed by atoms with Crippen molar-refractivity contribution in [3.63, 3.8) is 0 Å². The molecule has 0 aromatic heterocycles. The second kappa shape index (κ2) is 4.67. The van der Waals surface area contributed by atoms with E-state index in [0.717, 1.165) is 6.07 Å². The van der Waals surface area contributed by atoms with Crippen molar-refractivity contribution in [2.45, 2.75) is 9.79 Å². The molecule has 0 aliphatic rings. The molecular weight excluding hydrogens is 256 g/mol. The molecule has 0 spiro atoms. The summed E-state index contributed by atoms with van der Waals surface area (Å²) in [5.41, 5.74) is 0. The maximum Gasteiger partial charge on any atom is 0.218 e. The highest BCUT2D eigenvalue weighted by atomic mass is 32.2. The zero-order chi connectivity index (χ0) is 13.3. The lowest BCUT2D eigenvalue weighted by Crippen LogP contribution is -2.02. The standard InChI is InChI=1S/C12H10O5S/c13-8-6-9(11(15)12(16)10(8)14)18(17)7-4-2-1-3-5-7/h1-6,13-16H. The molecule has 0 aliphatic heterocycles. The van der Waals surface area contributed by atoms with Crippen molar-refractivity contribution in [3.05, 3.63) is 36.4 Å². The van der Waals surface area contributed by atoms with Crippen LogP contribution in [0.1, 0.15) is 0 Å². The monoisotopic (exact) mass is 266 g/mol. The lowest BCUT2D eigenvalue weighted by Gasteiger charge is -2.13. The number of hydrogen-bond acceptors (Lipinski definition) is 5. The summed E-state index contributed by atoms with van der Waals surface area (Å²) in [7, 11) is 0. The van der Waals surface area contributed by atoms with Crippen LogP contribution in [0.4, 0.5) is 0 Å². The van der Waals surface area contributed by atoms with E-state index < -0.39 is 34.2 Å². The maximum atomic E-state index is 12.1. The smallest absolute Gasteiger partial charge is 0.218 e. The van der Waals surface area contributed by atoms with E-state index in [1.54, 1.807) is 30.3 Å². The van der Waals surface area contributed by atoms with Crippen LogP contribution in [-0.2, 0) is 11.2 Å². The molecule has 6 heteroatoms. The zero-order valence-corrected chi connectivity index (χ0v) is 9.89. The predicted octanol–water partition coefficient (Wildman–Crippen LogP) is 1.68. The van der Waals surface area contributed by atoms with Gasteiger partial charge in [-0.15, -0.1) is 0 Å². The molecule has 4 N–H and O–H groups in total. The van der Waals surface area contributed by atoms with Gasteiger partial charge >= 0.3 is 0 Å². The van der Waals surface area contributed by atoms with Crippen LogP contribution >= 0.6 is 0 Å². The fourth-order valence-corrected chi connectivity index (χ4v) is 2.57. The second-order valence-electron chi connectivity index (χ2n) is 3.52. The second-order valence-corrected chi connectivity index (χ2v) is 4.97. The van der Waals surface area contributed by atoms with Crippen LogP contribution < -0.4 is 0 Å². The minimum absolute atomic E-state index is 0.172. The van der Waals surface area contributed by atoms with Crippen molar-refractivity contribution in [2.24, 2.45) is 0 Å². The Morgan fingerprint density at radius 2 is 1.44 bits per heavy atom. The summed E-state index contributed by atoms with van der Waals surface area (Å²) in [5.74, 6) is -3.10. The van der Waals surface area contributed by atoms with Gasteiger partial charge in [0.2, 0.25) is 22.1 Å². The van der Waals surface area contributed by atoms with E-state index in [1.807, 2.05) is 0 Å². The summed E-state index contributed by atoms with van der Waals surface area (Å²) in [6.45, 7) is 0. The van der Waals surface area contributed by atoms with Crippen LogP contribution in [-0.4, -0.2) is 25.0 Å². The van der Waals surface area contributed by atoms with Crippen molar-refractivity contribution in [2.75, 3.05) is 0 Å². The topological polar surface area (TPSA) is 104 Å². The van der Waals surface area contributed by atoms with Crippen LogP contribution in [0.3, 0.4) is 0 Å². The summed E-state index contributed by atoms with van der Waals surface area (Å²) in [5, 5.41) is 37.5. The third-order valence-electron chi connectivity index (χ3n) is 2.35. The van der Waals surface area contributed by atoms with Gasteiger partial charge in [0.05, 0.1) is 0 Å². The van der Waals surface area contributed by atoms with Gasteiger partial charge in [-0.3, -0.25) is 0 Å². The summed E-state index contributed by atoms with van der Waals surface area (Å²) in [6, 6.07) is 9.20. The molecule has 0 bridgehead atoms. The predicted molar refractivity (Wildman–Crippen MR) is 64.2 cm³/mol. The molecule has 1 unspecified atom stereocenters. The lowest BCUT2D eigenvalue weighted by atomic mass is 10.3. The van der Waals surface area contributed by atoms with E-state index in [4.69, 9.17) is 0 Å². The van der Waals surface area contributed by atoms with Gasteiger partial charge in [0, 0.05) is 17.2 Å². The van der Waals surface area contributed by atoms with E-state index >= 15 is 0 Å². The zero-order valence-electron chi connectivity index (χ0n) is 9.07. The largest absolute Gasteiger partial charge is 0.606 e. The van der Waals surface area contributed by atoms with E-state index in [2.05, 4.69) is 0 Å². The molecule has 0 saturated heterocycles. The molecule has 0 radical (unpaired) electrons. The highest BCUT2D eigenvalue weighted by Gasteiger charge is 2.26. The minimum Gasteiger partial charge on any atom is -0.606 e. The molecule has 5 nitrogen and oxygen atoms in total. The fourth-order valence-electron chi connectivity index (χ4n) is 1.42. The van der Waals surface area contributed by atoms with Crippen molar-refractivity contribution in [3.8, 4) is 23.0 Å². The molecule has 18 heavy (non-hydrogen) atoms. The summed E-state index contributed by atoms with van der Waals surface area (Å²) >= 11 is -1.77. The molecule has 1 atom stereocenters. The third kappa shape index (κ3) is 2.03. The Morgan fingerprint density at radius 3 is 2.06 bits per heavy atom. The van der Waals surface area contributed by atoms with Crippen molar-refractivity contribution in [1.29, 1.82) is 0 Å². The first-order chi connectivity index (χ1) is 8.52. The Hall–Kier alpha value is -2.05. The molecule has 94 valence electrons. The van der Waals surface area contributed by atoms with E-state index in [-0.39, 0.29) is 4.90 Å². The van der Waals surface area contributed by atoms with Crippen molar-refractivity contribution >= 4 is 11.2 Å². The highest BCUT2D eigenvalue weighted by molar-refractivity contribution is 7.91. The molecule has 0 aliphatic carbocycles. The molecule has 2 aromatic rings. The Balaban J connectivity index is 2.52. The Labute approximate surface area is 106 Å². The summed E-state index contributed by atoms with van der Waals surface area (Å²) in [4.78, 5) is 0.228. The first-order valence-electron chi connectivity index (χ1n) is 4.96. The molecule has 0 amide bonds. The van der Waals surface area contributed by atoms with Gasteiger partial charge in [-0.2, -0.15) is 0 Å². The van der Waals surface area contributed by atoms with Gasteiger partial charge in [0.1, 0.15) is 0 Å². The van der Waals surface area contributed by atoms with Gasteiger partial charge < -0.3 is 25.0 Å². The average Bonchev–Trinajstić information content (AvgIpc) is 2.41. The van der Waals surface area contributed by atoms with Crippen molar-refractivity contribution in [1.82, 2.24) is 0 Å². The van der Waals surface area contributed by atoms with Gasteiger partial charge in [-0.25, -0.2) is 0 Å². The quantitative estimate of drug-likeness (QED) is 0.376. The molecule has 0 fully saturated rings. The first kappa shape index (κ1) is 12.4. The van der Waals surface area contributed by atoms with Crippen LogP contribution in [0.25, 0.3) is 0 Å². The van der Waals surface area contributed by atoms with Crippen molar-refractivity contribution < 1.29 is 25.0 Å². The third-order valence-corrected chi connectivity index (χ3v) is 3.76. The number of phenolic OH excluding ortho intramolecular Hbond substituents is 4.